The van der Waals surface area contributed by atoms with Gasteiger partial charge in [0.2, 0.25) is 5.91 Å². The molecule has 0 fully saturated rings. The number of amides is 1. The quantitative estimate of drug-likeness (QED) is 0.497. The van der Waals surface area contributed by atoms with Crippen LogP contribution >= 0.6 is 0 Å². The Hall–Kier alpha value is -3.74. The molecule has 4 rings (SSSR count). The minimum absolute atomic E-state index is 0.0217. The van der Waals surface area contributed by atoms with E-state index >= 15 is 0 Å². The van der Waals surface area contributed by atoms with Crippen LogP contribution in [0, 0.1) is 6.92 Å². The largest absolute Gasteiger partial charge is 0.349 e. The van der Waals surface area contributed by atoms with Crippen molar-refractivity contribution in [1.82, 2.24) is 30.0 Å². The molecule has 152 valence electrons. The predicted molar refractivity (Wildman–Crippen MR) is 115 cm³/mol. The zero-order valence-corrected chi connectivity index (χ0v) is 17.1. The monoisotopic (exact) mass is 400 g/mol. The molecular weight excluding hydrogens is 376 g/mol. The number of rotatable bonds is 7. The first-order valence-corrected chi connectivity index (χ1v) is 9.90. The highest BCUT2D eigenvalue weighted by Gasteiger charge is 2.15. The molecule has 0 atom stereocenters. The Morgan fingerprint density at radius 1 is 1.17 bits per heavy atom. The standard InChI is InChI=1S/C23H24N6O/c1-16-6-9-18(10-7-16)22-23(19-5-3-4-12-24-19)28-20(27-22)14-25-21(30)11-8-17-13-26-29(2)15-17/h3-7,9-10,12-13,15H,8,11,14H2,1-2H3,(H,25,30)(H,27,28). The maximum Gasteiger partial charge on any atom is 0.220 e. The molecule has 1 aromatic carbocycles. The number of benzene rings is 1. The van der Waals surface area contributed by atoms with Crippen LogP contribution in [-0.2, 0) is 24.8 Å². The highest BCUT2D eigenvalue weighted by atomic mass is 16.1. The third kappa shape index (κ3) is 4.63. The zero-order chi connectivity index (χ0) is 20.9. The summed E-state index contributed by atoms with van der Waals surface area (Å²) in [4.78, 5) is 24.8. The van der Waals surface area contributed by atoms with Crippen molar-refractivity contribution in [2.75, 3.05) is 0 Å². The summed E-state index contributed by atoms with van der Waals surface area (Å²) in [7, 11) is 1.87. The maximum absolute atomic E-state index is 12.3. The number of hydrogen-bond acceptors (Lipinski definition) is 4. The molecule has 7 heteroatoms. The third-order valence-electron chi connectivity index (χ3n) is 4.85. The number of aromatic nitrogens is 5. The van der Waals surface area contributed by atoms with Gasteiger partial charge in [-0.25, -0.2) is 4.98 Å². The van der Waals surface area contributed by atoms with Crippen LogP contribution in [0.3, 0.4) is 0 Å². The molecule has 0 bridgehead atoms. The third-order valence-corrected chi connectivity index (χ3v) is 4.85. The number of aryl methyl sites for hydroxylation is 3. The van der Waals surface area contributed by atoms with E-state index in [0.29, 0.717) is 25.2 Å². The van der Waals surface area contributed by atoms with Gasteiger partial charge >= 0.3 is 0 Å². The van der Waals surface area contributed by atoms with E-state index in [4.69, 9.17) is 4.98 Å². The highest BCUT2D eigenvalue weighted by Crippen LogP contribution is 2.29. The molecule has 3 heterocycles. The lowest BCUT2D eigenvalue weighted by molar-refractivity contribution is -0.121. The van der Waals surface area contributed by atoms with E-state index in [0.717, 1.165) is 28.2 Å². The minimum Gasteiger partial charge on any atom is -0.349 e. The van der Waals surface area contributed by atoms with E-state index < -0.39 is 0 Å². The number of carbonyl (C=O) groups excluding carboxylic acids is 1. The molecule has 2 N–H and O–H groups in total. The molecule has 30 heavy (non-hydrogen) atoms. The highest BCUT2D eigenvalue weighted by molar-refractivity contribution is 5.78. The molecule has 0 spiro atoms. The number of H-pyrrole nitrogens is 1. The van der Waals surface area contributed by atoms with Crippen LogP contribution in [0.4, 0.5) is 0 Å². The first-order valence-electron chi connectivity index (χ1n) is 9.90. The van der Waals surface area contributed by atoms with Crippen LogP contribution < -0.4 is 5.32 Å². The topological polar surface area (TPSA) is 88.5 Å². The minimum atomic E-state index is -0.0217. The molecule has 4 aromatic rings. The van der Waals surface area contributed by atoms with Gasteiger partial charge in [0.15, 0.2) is 0 Å². The van der Waals surface area contributed by atoms with Crippen LogP contribution in [0.1, 0.15) is 23.4 Å². The Kier molecular flexibility index (Phi) is 5.70. The molecular formula is C23H24N6O. The van der Waals surface area contributed by atoms with Gasteiger partial charge in [0.1, 0.15) is 5.82 Å². The average molecular weight is 400 g/mol. The van der Waals surface area contributed by atoms with Gasteiger partial charge in [-0.3, -0.25) is 14.5 Å². The second-order valence-corrected chi connectivity index (χ2v) is 7.29. The Morgan fingerprint density at radius 2 is 2.00 bits per heavy atom. The normalized spacial score (nSPS) is 10.9. The first kappa shape index (κ1) is 19.6. The number of nitrogens with zero attached hydrogens (tertiary/aromatic N) is 4. The fraction of sp³-hybridized carbons (Fsp3) is 0.217. The number of nitrogens with one attached hydrogen (secondary N) is 2. The Balaban J connectivity index is 1.49. The van der Waals surface area contributed by atoms with Crippen LogP contribution in [0.5, 0.6) is 0 Å². The second-order valence-electron chi connectivity index (χ2n) is 7.29. The number of imidazole rings is 1. The summed E-state index contributed by atoms with van der Waals surface area (Å²) in [6.07, 6.45) is 6.53. The van der Waals surface area contributed by atoms with Crippen molar-refractivity contribution in [2.24, 2.45) is 7.05 Å². The van der Waals surface area contributed by atoms with Crippen molar-refractivity contribution >= 4 is 5.91 Å². The number of hydrogen-bond donors (Lipinski definition) is 2. The average Bonchev–Trinajstić information content (AvgIpc) is 3.38. The van der Waals surface area contributed by atoms with Crippen molar-refractivity contribution in [2.45, 2.75) is 26.3 Å². The van der Waals surface area contributed by atoms with E-state index in [2.05, 4.69) is 39.4 Å². The molecule has 0 aliphatic rings. The molecule has 3 aromatic heterocycles. The van der Waals surface area contributed by atoms with E-state index in [1.807, 2.05) is 43.6 Å². The van der Waals surface area contributed by atoms with Gasteiger partial charge in [0, 0.05) is 31.4 Å². The lowest BCUT2D eigenvalue weighted by Gasteiger charge is -2.02. The number of pyridine rings is 1. The van der Waals surface area contributed by atoms with E-state index in [1.165, 1.54) is 5.56 Å². The van der Waals surface area contributed by atoms with Gasteiger partial charge in [0.05, 0.1) is 29.8 Å². The molecule has 0 radical (unpaired) electrons. The van der Waals surface area contributed by atoms with Crippen LogP contribution in [-0.4, -0.2) is 30.6 Å². The number of carbonyl (C=O) groups is 1. The summed E-state index contributed by atoms with van der Waals surface area (Å²) >= 11 is 0. The summed E-state index contributed by atoms with van der Waals surface area (Å²) in [5.41, 5.74) is 5.73. The molecule has 0 unspecified atom stereocenters. The predicted octanol–water partition coefficient (Wildman–Crippen LogP) is 3.43. The molecule has 0 aliphatic heterocycles. The van der Waals surface area contributed by atoms with E-state index in [9.17, 15) is 4.79 Å². The maximum atomic E-state index is 12.3. The Bertz CT molecular complexity index is 1130. The Morgan fingerprint density at radius 3 is 2.70 bits per heavy atom. The van der Waals surface area contributed by atoms with Crippen LogP contribution in [0.15, 0.2) is 61.1 Å². The molecule has 1 amide bonds. The number of aromatic amines is 1. The summed E-state index contributed by atoms with van der Waals surface area (Å²) in [5, 5.41) is 7.08. The second kappa shape index (κ2) is 8.73. The first-order chi connectivity index (χ1) is 14.6. The SMILES string of the molecule is Cc1ccc(-c2nc(CNC(=O)CCc3cnn(C)c3)[nH]c2-c2ccccn2)cc1. The van der Waals surface area contributed by atoms with Crippen LogP contribution in [0.25, 0.3) is 22.6 Å². The van der Waals surface area contributed by atoms with Gasteiger partial charge in [-0.15, -0.1) is 0 Å². The van der Waals surface area contributed by atoms with Crippen LogP contribution in [0.2, 0.25) is 0 Å². The van der Waals surface area contributed by atoms with Crippen molar-refractivity contribution in [3.05, 3.63) is 78.0 Å². The van der Waals surface area contributed by atoms with Gasteiger partial charge in [-0.05, 0) is 31.0 Å². The lowest BCUT2D eigenvalue weighted by atomic mass is 10.1. The van der Waals surface area contributed by atoms with Gasteiger partial charge < -0.3 is 10.3 Å². The summed E-state index contributed by atoms with van der Waals surface area (Å²) in [6, 6.07) is 14.0. The summed E-state index contributed by atoms with van der Waals surface area (Å²) < 4.78 is 1.74. The smallest absolute Gasteiger partial charge is 0.220 e. The van der Waals surface area contributed by atoms with Crippen molar-refractivity contribution in [3.8, 4) is 22.6 Å². The summed E-state index contributed by atoms with van der Waals surface area (Å²) in [5.74, 6) is 0.674. The van der Waals surface area contributed by atoms with Crippen molar-refractivity contribution in [3.63, 3.8) is 0 Å². The van der Waals surface area contributed by atoms with Crippen molar-refractivity contribution < 1.29 is 4.79 Å². The fourth-order valence-corrected chi connectivity index (χ4v) is 3.25. The fourth-order valence-electron chi connectivity index (χ4n) is 3.25. The molecule has 0 saturated carbocycles. The van der Waals surface area contributed by atoms with E-state index in [1.54, 1.807) is 17.1 Å². The summed E-state index contributed by atoms with van der Waals surface area (Å²) in [6.45, 7) is 2.39. The van der Waals surface area contributed by atoms with Crippen molar-refractivity contribution in [1.29, 1.82) is 0 Å². The molecule has 7 nitrogen and oxygen atoms in total. The molecule has 0 aliphatic carbocycles. The zero-order valence-electron chi connectivity index (χ0n) is 17.1. The molecule has 0 saturated heterocycles. The van der Waals surface area contributed by atoms with Gasteiger partial charge in [-0.1, -0.05) is 35.9 Å². The Labute approximate surface area is 175 Å². The van der Waals surface area contributed by atoms with Gasteiger partial charge in [0.25, 0.3) is 0 Å². The lowest BCUT2D eigenvalue weighted by Crippen LogP contribution is -2.23. The van der Waals surface area contributed by atoms with Gasteiger partial charge in [-0.2, -0.15) is 5.10 Å². The van der Waals surface area contributed by atoms with E-state index in [-0.39, 0.29) is 5.91 Å².